The highest BCUT2D eigenvalue weighted by Gasteiger charge is 2.20. The molecule has 1 rings (SSSR count). The maximum absolute atomic E-state index is 12.0. The topological polar surface area (TPSA) is 41.1 Å². The number of rotatable bonds is 4. The standard InChI is InChI=1S/C15H23BrN2O/c1-10(12-6-8-13(16)9-7-12)17-11(2)14(19)18-15(3,4)5/h6-11,17H,1-5H3,(H,18,19)/t10-,11?/m1/s1. The Labute approximate surface area is 124 Å². The van der Waals surface area contributed by atoms with E-state index in [0.717, 1.165) is 4.47 Å². The summed E-state index contributed by atoms with van der Waals surface area (Å²) in [5.74, 6) is 0.0245. The highest BCUT2D eigenvalue weighted by molar-refractivity contribution is 9.10. The first kappa shape index (κ1) is 16.2. The molecule has 106 valence electrons. The van der Waals surface area contributed by atoms with Crippen LogP contribution >= 0.6 is 15.9 Å². The fraction of sp³-hybridized carbons (Fsp3) is 0.533. The van der Waals surface area contributed by atoms with Gasteiger partial charge in [0.2, 0.25) is 5.91 Å². The third kappa shape index (κ3) is 5.74. The lowest BCUT2D eigenvalue weighted by Crippen LogP contribution is -2.49. The summed E-state index contributed by atoms with van der Waals surface area (Å²) in [5, 5.41) is 6.29. The van der Waals surface area contributed by atoms with Crippen LogP contribution in [0.25, 0.3) is 0 Å². The molecule has 0 aliphatic heterocycles. The van der Waals surface area contributed by atoms with Gasteiger partial charge in [0.05, 0.1) is 6.04 Å². The maximum Gasteiger partial charge on any atom is 0.237 e. The van der Waals surface area contributed by atoms with E-state index >= 15 is 0 Å². The van der Waals surface area contributed by atoms with E-state index in [-0.39, 0.29) is 23.5 Å². The number of amides is 1. The molecule has 1 aromatic rings. The lowest BCUT2D eigenvalue weighted by atomic mass is 10.1. The van der Waals surface area contributed by atoms with E-state index in [1.54, 1.807) is 0 Å². The van der Waals surface area contributed by atoms with E-state index in [1.165, 1.54) is 5.56 Å². The van der Waals surface area contributed by atoms with Crippen molar-refractivity contribution in [2.45, 2.75) is 52.2 Å². The van der Waals surface area contributed by atoms with Gasteiger partial charge in [-0.15, -0.1) is 0 Å². The molecule has 0 spiro atoms. The first-order valence-electron chi connectivity index (χ1n) is 6.52. The second-order valence-corrected chi connectivity index (χ2v) is 6.82. The molecule has 0 saturated carbocycles. The highest BCUT2D eigenvalue weighted by atomic mass is 79.9. The third-order valence-electron chi connectivity index (χ3n) is 2.76. The van der Waals surface area contributed by atoms with Crippen molar-refractivity contribution in [3.05, 3.63) is 34.3 Å². The lowest BCUT2D eigenvalue weighted by Gasteiger charge is -2.25. The highest BCUT2D eigenvalue weighted by Crippen LogP contribution is 2.17. The van der Waals surface area contributed by atoms with Gasteiger partial charge in [-0.25, -0.2) is 0 Å². The molecule has 4 heteroatoms. The molecule has 0 saturated heterocycles. The van der Waals surface area contributed by atoms with Crippen molar-refractivity contribution in [1.29, 1.82) is 0 Å². The van der Waals surface area contributed by atoms with E-state index < -0.39 is 0 Å². The Balaban J connectivity index is 2.59. The number of hydrogen-bond donors (Lipinski definition) is 2. The molecular weight excluding hydrogens is 304 g/mol. The molecule has 0 fully saturated rings. The van der Waals surface area contributed by atoms with Crippen LogP contribution in [-0.4, -0.2) is 17.5 Å². The number of halogens is 1. The van der Waals surface area contributed by atoms with Gasteiger partial charge >= 0.3 is 0 Å². The molecule has 0 aliphatic rings. The molecule has 2 N–H and O–H groups in total. The average Bonchev–Trinajstić information content (AvgIpc) is 2.27. The monoisotopic (exact) mass is 326 g/mol. The molecule has 0 bridgehead atoms. The van der Waals surface area contributed by atoms with Crippen molar-refractivity contribution in [2.75, 3.05) is 0 Å². The fourth-order valence-electron chi connectivity index (χ4n) is 1.78. The second-order valence-electron chi connectivity index (χ2n) is 5.90. The average molecular weight is 327 g/mol. The lowest BCUT2D eigenvalue weighted by molar-refractivity contribution is -0.124. The molecule has 0 heterocycles. The van der Waals surface area contributed by atoms with E-state index in [2.05, 4.69) is 45.6 Å². The van der Waals surface area contributed by atoms with Gasteiger partial charge in [-0.3, -0.25) is 10.1 Å². The summed E-state index contributed by atoms with van der Waals surface area (Å²) < 4.78 is 1.06. The number of carbonyl (C=O) groups excluding carboxylic acids is 1. The zero-order valence-electron chi connectivity index (χ0n) is 12.3. The van der Waals surface area contributed by atoms with Crippen molar-refractivity contribution in [3.8, 4) is 0 Å². The molecule has 2 atom stereocenters. The summed E-state index contributed by atoms with van der Waals surface area (Å²) in [5.41, 5.74) is 0.965. The van der Waals surface area contributed by atoms with E-state index in [0.29, 0.717) is 0 Å². The SMILES string of the molecule is CC(N[C@H](C)c1ccc(Br)cc1)C(=O)NC(C)(C)C. The Morgan fingerprint density at radius 3 is 2.16 bits per heavy atom. The molecule has 0 radical (unpaired) electrons. The molecule has 1 aromatic carbocycles. The summed E-state index contributed by atoms with van der Waals surface area (Å²) in [6.07, 6.45) is 0. The van der Waals surface area contributed by atoms with Gasteiger partial charge in [-0.05, 0) is 52.3 Å². The summed E-state index contributed by atoms with van der Waals surface area (Å²) in [7, 11) is 0. The summed E-state index contributed by atoms with van der Waals surface area (Å²) >= 11 is 3.42. The quantitative estimate of drug-likeness (QED) is 0.890. The smallest absolute Gasteiger partial charge is 0.237 e. The minimum absolute atomic E-state index is 0.0245. The molecule has 0 aromatic heterocycles. The van der Waals surface area contributed by atoms with Gasteiger partial charge in [0.15, 0.2) is 0 Å². The van der Waals surface area contributed by atoms with Crippen molar-refractivity contribution in [1.82, 2.24) is 10.6 Å². The molecule has 1 unspecified atom stereocenters. The third-order valence-corrected chi connectivity index (χ3v) is 3.29. The predicted molar refractivity (Wildman–Crippen MR) is 83.1 cm³/mol. The number of nitrogens with one attached hydrogen (secondary N) is 2. The van der Waals surface area contributed by atoms with Crippen LogP contribution in [0.5, 0.6) is 0 Å². The molecule has 3 nitrogen and oxygen atoms in total. The molecule has 1 amide bonds. The Kier molecular flexibility index (Phi) is 5.56. The maximum atomic E-state index is 12.0. The Bertz CT molecular complexity index is 423. The van der Waals surface area contributed by atoms with Crippen LogP contribution in [0.4, 0.5) is 0 Å². The van der Waals surface area contributed by atoms with E-state index in [9.17, 15) is 4.79 Å². The van der Waals surface area contributed by atoms with Crippen LogP contribution in [-0.2, 0) is 4.79 Å². The Morgan fingerprint density at radius 2 is 1.68 bits per heavy atom. The molecule has 19 heavy (non-hydrogen) atoms. The largest absolute Gasteiger partial charge is 0.350 e. The molecule has 0 aliphatic carbocycles. The predicted octanol–water partition coefficient (Wildman–Crippen LogP) is 3.40. The van der Waals surface area contributed by atoms with Crippen LogP contribution in [0.15, 0.2) is 28.7 Å². The van der Waals surface area contributed by atoms with Crippen molar-refractivity contribution < 1.29 is 4.79 Å². The van der Waals surface area contributed by atoms with Gasteiger partial charge < -0.3 is 5.32 Å². The summed E-state index contributed by atoms with van der Waals surface area (Å²) in [6.45, 7) is 9.89. The number of hydrogen-bond acceptors (Lipinski definition) is 2. The summed E-state index contributed by atoms with van der Waals surface area (Å²) in [4.78, 5) is 12.0. The van der Waals surface area contributed by atoms with Crippen molar-refractivity contribution >= 4 is 21.8 Å². The van der Waals surface area contributed by atoms with Gasteiger partial charge in [-0.2, -0.15) is 0 Å². The van der Waals surface area contributed by atoms with Crippen LogP contribution in [0.2, 0.25) is 0 Å². The molecular formula is C15H23BrN2O. The van der Waals surface area contributed by atoms with Crippen LogP contribution in [0.3, 0.4) is 0 Å². The van der Waals surface area contributed by atoms with Gasteiger partial charge in [0.25, 0.3) is 0 Å². The second kappa shape index (κ2) is 6.53. The van der Waals surface area contributed by atoms with Crippen molar-refractivity contribution in [3.63, 3.8) is 0 Å². The first-order chi connectivity index (χ1) is 8.69. The first-order valence-corrected chi connectivity index (χ1v) is 7.32. The van der Waals surface area contributed by atoms with Crippen molar-refractivity contribution in [2.24, 2.45) is 0 Å². The van der Waals surface area contributed by atoms with Crippen LogP contribution in [0, 0.1) is 0 Å². The Hall–Kier alpha value is -0.870. The van der Waals surface area contributed by atoms with Crippen LogP contribution in [0.1, 0.15) is 46.2 Å². The van der Waals surface area contributed by atoms with Gasteiger partial charge in [0, 0.05) is 16.1 Å². The normalized spacial score (nSPS) is 14.8. The van der Waals surface area contributed by atoms with Crippen LogP contribution < -0.4 is 10.6 Å². The summed E-state index contributed by atoms with van der Waals surface area (Å²) in [6, 6.07) is 8.03. The zero-order chi connectivity index (χ0) is 14.6. The van der Waals surface area contributed by atoms with E-state index in [4.69, 9.17) is 0 Å². The minimum Gasteiger partial charge on any atom is -0.350 e. The zero-order valence-corrected chi connectivity index (χ0v) is 13.8. The minimum atomic E-state index is -0.224. The fourth-order valence-corrected chi connectivity index (χ4v) is 2.04. The van der Waals surface area contributed by atoms with Gasteiger partial charge in [0.1, 0.15) is 0 Å². The van der Waals surface area contributed by atoms with E-state index in [1.807, 2.05) is 39.8 Å². The number of benzene rings is 1. The Morgan fingerprint density at radius 1 is 1.16 bits per heavy atom. The number of carbonyl (C=O) groups is 1. The van der Waals surface area contributed by atoms with Gasteiger partial charge in [-0.1, -0.05) is 28.1 Å².